The molecule has 0 unspecified atom stereocenters. The van der Waals surface area contributed by atoms with Gasteiger partial charge in [-0.2, -0.15) is 0 Å². The van der Waals surface area contributed by atoms with Crippen LogP contribution in [0.4, 0.5) is 4.39 Å². The Bertz CT molecular complexity index is 529. The molecule has 0 aliphatic carbocycles. The van der Waals surface area contributed by atoms with Crippen LogP contribution in [0.25, 0.3) is 0 Å². The Balaban J connectivity index is 1.93. The van der Waals surface area contributed by atoms with E-state index in [1.165, 1.54) is 12.1 Å². The fourth-order valence-corrected chi connectivity index (χ4v) is 1.71. The molecule has 0 aliphatic rings. The van der Waals surface area contributed by atoms with Gasteiger partial charge in [0.15, 0.2) is 11.6 Å². The van der Waals surface area contributed by atoms with E-state index in [9.17, 15) is 9.50 Å². The van der Waals surface area contributed by atoms with Crippen molar-refractivity contribution in [1.82, 2.24) is 4.98 Å². The van der Waals surface area contributed by atoms with E-state index in [1.807, 2.05) is 18.2 Å². The third-order valence-electron chi connectivity index (χ3n) is 2.78. The first kappa shape index (κ1) is 13.5. The maximum atomic E-state index is 13.7. The van der Waals surface area contributed by atoms with E-state index in [4.69, 9.17) is 4.74 Å². The van der Waals surface area contributed by atoms with E-state index < -0.39 is 11.9 Å². The summed E-state index contributed by atoms with van der Waals surface area (Å²) < 4.78 is 19.1. The molecule has 1 aromatic carbocycles. The summed E-state index contributed by atoms with van der Waals surface area (Å²) in [5.74, 6) is -0.264. The average molecular weight is 261 g/mol. The number of ether oxygens (including phenoxy) is 1. The molecular formula is C15H16FNO2. The fourth-order valence-electron chi connectivity index (χ4n) is 1.71. The lowest BCUT2D eigenvalue weighted by molar-refractivity contribution is 0.198. The van der Waals surface area contributed by atoms with Crippen LogP contribution in [0.15, 0.2) is 42.6 Å². The van der Waals surface area contributed by atoms with Crippen molar-refractivity contribution in [2.45, 2.75) is 19.4 Å². The summed E-state index contributed by atoms with van der Waals surface area (Å²) in [6.45, 7) is 1.96. The summed E-state index contributed by atoms with van der Waals surface area (Å²) in [6, 6.07) is 10.1. The maximum absolute atomic E-state index is 13.7. The molecule has 0 saturated heterocycles. The van der Waals surface area contributed by atoms with Crippen LogP contribution in [-0.4, -0.2) is 16.7 Å². The Labute approximate surface area is 111 Å². The Morgan fingerprint density at radius 2 is 2.16 bits per heavy atom. The van der Waals surface area contributed by atoms with Gasteiger partial charge in [-0.15, -0.1) is 0 Å². The summed E-state index contributed by atoms with van der Waals surface area (Å²) in [5.41, 5.74) is 1.44. The highest BCUT2D eigenvalue weighted by molar-refractivity contribution is 5.30. The van der Waals surface area contributed by atoms with Gasteiger partial charge in [-0.3, -0.25) is 4.98 Å². The second kappa shape index (κ2) is 6.29. The molecule has 1 N–H and O–H groups in total. The van der Waals surface area contributed by atoms with Crippen molar-refractivity contribution >= 4 is 0 Å². The van der Waals surface area contributed by atoms with Gasteiger partial charge in [0.25, 0.3) is 0 Å². The van der Waals surface area contributed by atoms with Crippen LogP contribution in [-0.2, 0) is 6.42 Å². The van der Waals surface area contributed by atoms with Gasteiger partial charge in [-0.25, -0.2) is 4.39 Å². The minimum absolute atomic E-state index is 0.195. The quantitative estimate of drug-likeness (QED) is 0.899. The monoisotopic (exact) mass is 261 g/mol. The second-order valence-electron chi connectivity index (χ2n) is 4.29. The molecule has 0 amide bonds. The molecule has 100 valence electrons. The van der Waals surface area contributed by atoms with Gasteiger partial charge in [0, 0.05) is 18.3 Å². The predicted molar refractivity (Wildman–Crippen MR) is 70.5 cm³/mol. The fraction of sp³-hybridized carbons (Fsp3) is 0.267. The van der Waals surface area contributed by atoms with E-state index in [2.05, 4.69) is 4.98 Å². The van der Waals surface area contributed by atoms with Crippen LogP contribution >= 0.6 is 0 Å². The SMILES string of the molecule is C[C@H](O)c1ccc(OCCc2ccccn2)c(F)c1. The van der Waals surface area contributed by atoms with E-state index in [-0.39, 0.29) is 5.75 Å². The zero-order valence-electron chi connectivity index (χ0n) is 10.7. The summed E-state index contributed by atoms with van der Waals surface area (Å²) in [4.78, 5) is 4.16. The van der Waals surface area contributed by atoms with Crippen molar-refractivity contribution < 1.29 is 14.2 Å². The van der Waals surface area contributed by atoms with Crippen LogP contribution < -0.4 is 4.74 Å². The highest BCUT2D eigenvalue weighted by Gasteiger charge is 2.08. The van der Waals surface area contributed by atoms with Crippen molar-refractivity contribution in [1.29, 1.82) is 0 Å². The molecule has 1 atom stereocenters. The molecular weight excluding hydrogens is 245 g/mol. The predicted octanol–water partition coefficient (Wildman–Crippen LogP) is 2.90. The van der Waals surface area contributed by atoms with Crippen molar-refractivity contribution in [3.8, 4) is 5.75 Å². The van der Waals surface area contributed by atoms with E-state index in [1.54, 1.807) is 19.2 Å². The molecule has 0 spiro atoms. The van der Waals surface area contributed by atoms with Gasteiger partial charge in [0.05, 0.1) is 12.7 Å². The topological polar surface area (TPSA) is 42.4 Å². The van der Waals surface area contributed by atoms with Crippen molar-refractivity contribution in [2.24, 2.45) is 0 Å². The number of rotatable bonds is 5. The molecule has 0 bridgehead atoms. The van der Waals surface area contributed by atoms with Gasteiger partial charge in [-0.1, -0.05) is 12.1 Å². The molecule has 0 radical (unpaired) electrons. The third-order valence-corrected chi connectivity index (χ3v) is 2.78. The maximum Gasteiger partial charge on any atom is 0.165 e. The van der Waals surface area contributed by atoms with Gasteiger partial charge < -0.3 is 9.84 Å². The van der Waals surface area contributed by atoms with Gasteiger partial charge in [0.2, 0.25) is 0 Å². The summed E-state index contributed by atoms with van der Waals surface area (Å²) in [6.07, 6.45) is 1.66. The van der Waals surface area contributed by atoms with Crippen LogP contribution in [0.2, 0.25) is 0 Å². The zero-order valence-corrected chi connectivity index (χ0v) is 10.7. The van der Waals surface area contributed by atoms with Crippen molar-refractivity contribution in [3.63, 3.8) is 0 Å². The number of aromatic nitrogens is 1. The number of halogens is 1. The Morgan fingerprint density at radius 1 is 1.32 bits per heavy atom. The summed E-state index contributed by atoms with van der Waals surface area (Å²) >= 11 is 0. The van der Waals surface area contributed by atoms with Crippen LogP contribution in [0.5, 0.6) is 5.75 Å². The first-order chi connectivity index (χ1) is 9.16. The highest BCUT2D eigenvalue weighted by Crippen LogP contribution is 2.22. The van der Waals surface area contributed by atoms with Gasteiger partial charge in [-0.05, 0) is 36.8 Å². The molecule has 4 heteroatoms. The zero-order chi connectivity index (χ0) is 13.7. The van der Waals surface area contributed by atoms with Gasteiger partial charge >= 0.3 is 0 Å². The van der Waals surface area contributed by atoms with Crippen molar-refractivity contribution in [2.75, 3.05) is 6.61 Å². The molecule has 0 fully saturated rings. The summed E-state index contributed by atoms with van der Waals surface area (Å²) in [5, 5.41) is 9.35. The number of pyridine rings is 1. The highest BCUT2D eigenvalue weighted by atomic mass is 19.1. The van der Waals surface area contributed by atoms with Crippen LogP contribution in [0, 0.1) is 5.82 Å². The molecule has 2 aromatic rings. The molecule has 0 saturated carbocycles. The Kier molecular flexibility index (Phi) is 4.47. The number of aliphatic hydroxyl groups is 1. The lowest BCUT2D eigenvalue weighted by atomic mass is 10.1. The van der Waals surface area contributed by atoms with Crippen LogP contribution in [0.1, 0.15) is 24.3 Å². The van der Waals surface area contributed by atoms with Crippen LogP contribution in [0.3, 0.4) is 0 Å². The number of benzene rings is 1. The number of nitrogens with zero attached hydrogens (tertiary/aromatic N) is 1. The van der Waals surface area contributed by atoms with E-state index in [0.717, 1.165) is 5.69 Å². The number of aliphatic hydroxyl groups excluding tert-OH is 1. The van der Waals surface area contributed by atoms with Crippen molar-refractivity contribution in [3.05, 3.63) is 59.7 Å². The Hall–Kier alpha value is -1.94. The lowest BCUT2D eigenvalue weighted by Crippen LogP contribution is -2.04. The summed E-state index contributed by atoms with van der Waals surface area (Å²) in [7, 11) is 0. The average Bonchev–Trinajstić information content (AvgIpc) is 2.41. The smallest absolute Gasteiger partial charge is 0.165 e. The number of hydrogen-bond donors (Lipinski definition) is 1. The molecule has 0 aliphatic heterocycles. The molecule has 3 nitrogen and oxygen atoms in total. The molecule has 1 heterocycles. The standard InChI is InChI=1S/C15H16FNO2/c1-11(18)12-5-6-15(14(16)10-12)19-9-7-13-4-2-3-8-17-13/h2-6,8,10-11,18H,7,9H2,1H3/t11-/m0/s1. The lowest BCUT2D eigenvalue weighted by Gasteiger charge is -2.09. The molecule has 19 heavy (non-hydrogen) atoms. The van der Waals surface area contributed by atoms with E-state index in [0.29, 0.717) is 18.6 Å². The molecule has 1 aromatic heterocycles. The minimum atomic E-state index is -0.683. The number of hydrogen-bond acceptors (Lipinski definition) is 3. The third kappa shape index (κ3) is 3.76. The Morgan fingerprint density at radius 3 is 2.79 bits per heavy atom. The van der Waals surface area contributed by atoms with E-state index >= 15 is 0 Å². The normalized spacial score (nSPS) is 12.2. The first-order valence-electron chi connectivity index (χ1n) is 6.17. The largest absolute Gasteiger partial charge is 0.490 e. The minimum Gasteiger partial charge on any atom is -0.490 e. The second-order valence-corrected chi connectivity index (χ2v) is 4.29. The molecule has 2 rings (SSSR count). The first-order valence-corrected chi connectivity index (χ1v) is 6.17. The van der Waals surface area contributed by atoms with Gasteiger partial charge in [0.1, 0.15) is 0 Å².